The molecule has 1 N–H and O–H groups in total. The van der Waals surface area contributed by atoms with E-state index in [9.17, 15) is 0 Å². The second-order valence-electron chi connectivity index (χ2n) is 1.95. The molecule has 0 atom stereocenters. The van der Waals surface area contributed by atoms with Gasteiger partial charge in [0.15, 0.2) is 0 Å². The van der Waals surface area contributed by atoms with E-state index in [2.05, 4.69) is 23.6 Å². The van der Waals surface area contributed by atoms with Gasteiger partial charge in [-0.3, -0.25) is 0 Å². The highest BCUT2D eigenvalue weighted by Crippen LogP contribution is 2.24. The minimum atomic E-state index is 0.0859. The molecule has 0 saturated heterocycles. The van der Waals surface area contributed by atoms with Crippen LogP contribution >= 0.6 is 10.9 Å². The van der Waals surface area contributed by atoms with Crippen molar-refractivity contribution in [3.05, 3.63) is 18.3 Å². The standard InChI is InChI=1S/C6H11NS/c1-8(2)6-4-3-5-7-6/h3-5,7-8H,1-2H3. The van der Waals surface area contributed by atoms with E-state index in [0.29, 0.717) is 0 Å². The predicted octanol–water partition coefficient (Wildman–Crippen LogP) is 1.63. The van der Waals surface area contributed by atoms with Gasteiger partial charge in [0.05, 0.1) is 5.03 Å². The van der Waals surface area contributed by atoms with Gasteiger partial charge in [-0.05, 0) is 24.6 Å². The Balaban J connectivity index is 2.77. The van der Waals surface area contributed by atoms with Crippen LogP contribution in [0, 0.1) is 0 Å². The quantitative estimate of drug-likeness (QED) is 0.536. The van der Waals surface area contributed by atoms with E-state index >= 15 is 0 Å². The third-order valence-corrected chi connectivity index (χ3v) is 2.31. The zero-order valence-electron chi connectivity index (χ0n) is 5.18. The van der Waals surface area contributed by atoms with Crippen LogP contribution in [-0.2, 0) is 0 Å². The van der Waals surface area contributed by atoms with Gasteiger partial charge in [-0.15, -0.1) is 0 Å². The number of aromatic amines is 1. The zero-order valence-corrected chi connectivity index (χ0v) is 6.07. The van der Waals surface area contributed by atoms with Crippen LogP contribution in [0.5, 0.6) is 0 Å². The summed E-state index contributed by atoms with van der Waals surface area (Å²) in [6.45, 7) is 0. The molecule has 0 saturated carbocycles. The average molecular weight is 129 g/mol. The molecular formula is C6H11NS. The monoisotopic (exact) mass is 129 g/mol. The summed E-state index contributed by atoms with van der Waals surface area (Å²) in [4.78, 5) is 3.17. The van der Waals surface area contributed by atoms with Crippen LogP contribution in [0.4, 0.5) is 0 Å². The lowest BCUT2D eigenvalue weighted by Gasteiger charge is -2.03. The fourth-order valence-corrected chi connectivity index (χ4v) is 1.32. The normalized spacial score (nSPS) is 11.5. The molecule has 0 spiro atoms. The van der Waals surface area contributed by atoms with Gasteiger partial charge in [0.1, 0.15) is 0 Å². The smallest absolute Gasteiger partial charge is 0.0517 e. The Hall–Kier alpha value is -0.370. The lowest BCUT2D eigenvalue weighted by atomic mass is 10.7. The summed E-state index contributed by atoms with van der Waals surface area (Å²) in [5, 5.41) is 1.38. The van der Waals surface area contributed by atoms with Crippen molar-refractivity contribution < 1.29 is 0 Å². The summed E-state index contributed by atoms with van der Waals surface area (Å²) in [5.41, 5.74) is 0. The van der Waals surface area contributed by atoms with Crippen LogP contribution in [0.25, 0.3) is 0 Å². The Morgan fingerprint density at radius 3 is 2.50 bits per heavy atom. The van der Waals surface area contributed by atoms with Crippen molar-refractivity contribution in [1.82, 2.24) is 4.98 Å². The average Bonchev–Trinajstić information content (AvgIpc) is 2.12. The molecule has 1 aromatic heterocycles. The molecule has 2 heteroatoms. The Labute approximate surface area is 52.5 Å². The van der Waals surface area contributed by atoms with Crippen molar-refractivity contribution in [2.24, 2.45) is 0 Å². The Morgan fingerprint density at radius 2 is 2.25 bits per heavy atom. The molecule has 1 rings (SSSR count). The maximum atomic E-state index is 3.17. The lowest BCUT2D eigenvalue weighted by Crippen LogP contribution is -1.73. The van der Waals surface area contributed by atoms with E-state index in [0.717, 1.165) is 0 Å². The Kier molecular flexibility index (Phi) is 1.63. The summed E-state index contributed by atoms with van der Waals surface area (Å²) in [7, 11) is 0.0859. The molecule has 1 aromatic rings. The number of aromatic nitrogens is 1. The fraction of sp³-hybridized carbons (Fsp3) is 0.333. The minimum absolute atomic E-state index is 0.0859. The minimum Gasteiger partial charge on any atom is -0.358 e. The SMILES string of the molecule is C[SH](C)c1ccc[nH]1. The predicted molar refractivity (Wildman–Crippen MR) is 39.9 cm³/mol. The molecule has 0 aliphatic heterocycles. The third kappa shape index (κ3) is 1.07. The molecule has 0 bridgehead atoms. The summed E-state index contributed by atoms with van der Waals surface area (Å²) in [5.74, 6) is 0. The van der Waals surface area contributed by atoms with Gasteiger partial charge in [-0.2, -0.15) is 0 Å². The molecule has 8 heavy (non-hydrogen) atoms. The maximum Gasteiger partial charge on any atom is 0.0517 e. The molecule has 0 amide bonds. The van der Waals surface area contributed by atoms with Gasteiger partial charge in [-0.1, -0.05) is 0 Å². The van der Waals surface area contributed by atoms with Crippen LogP contribution in [-0.4, -0.2) is 17.5 Å². The third-order valence-electron chi connectivity index (χ3n) is 1.06. The highest BCUT2D eigenvalue weighted by molar-refractivity contribution is 8.15. The van der Waals surface area contributed by atoms with Gasteiger partial charge in [-0.25, -0.2) is 10.9 Å². The maximum absolute atomic E-state index is 3.17. The van der Waals surface area contributed by atoms with Crippen LogP contribution in [0.2, 0.25) is 0 Å². The summed E-state index contributed by atoms with van der Waals surface area (Å²) < 4.78 is 0. The van der Waals surface area contributed by atoms with Gasteiger partial charge in [0, 0.05) is 6.20 Å². The lowest BCUT2D eigenvalue weighted by molar-refractivity contribution is 1.20. The molecule has 0 radical (unpaired) electrons. The number of rotatable bonds is 1. The number of hydrogen-bond acceptors (Lipinski definition) is 0. The molecule has 0 aliphatic carbocycles. The molecular weight excluding hydrogens is 118 g/mol. The number of thiol groups is 1. The molecule has 1 heterocycles. The van der Waals surface area contributed by atoms with Gasteiger partial charge < -0.3 is 4.98 Å². The summed E-state index contributed by atoms with van der Waals surface area (Å²) in [6, 6.07) is 4.17. The molecule has 0 fully saturated rings. The number of H-pyrrole nitrogens is 1. The Morgan fingerprint density at radius 1 is 1.50 bits per heavy atom. The Bertz CT molecular complexity index is 144. The van der Waals surface area contributed by atoms with E-state index in [1.165, 1.54) is 5.03 Å². The van der Waals surface area contributed by atoms with Gasteiger partial charge in [0.25, 0.3) is 0 Å². The number of nitrogens with one attached hydrogen (secondary N) is 1. The van der Waals surface area contributed by atoms with E-state index in [1.807, 2.05) is 12.3 Å². The molecule has 0 aromatic carbocycles. The first kappa shape index (κ1) is 5.76. The van der Waals surface area contributed by atoms with Crippen molar-refractivity contribution in [1.29, 1.82) is 0 Å². The second-order valence-corrected chi connectivity index (χ2v) is 4.22. The van der Waals surface area contributed by atoms with Crippen LogP contribution in [0.15, 0.2) is 23.4 Å². The van der Waals surface area contributed by atoms with E-state index in [-0.39, 0.29) is 10.9 Å². The van der Waals surface area contributed by atoms with Crippen LogP contribution in [0.3, 0.4) is 0 Å². The summed E-state index contributed by atoms with van der Waals surface area (Å²) in [6.07, 6.45) is 6.44. The molecule has 1 nitrogen and oxygen atoms in total. The van der Waals surface area contributed by atoms with Gasteiger partial charge >= 0.3 is 0 Å². The second kappa shape index (κ2) is 2.27. The fourth-order valence-electron chi connectivity index (χ4n) is 0.599. The highest BCUT2D eigenvalue weighted by Gasteiger charge is 1.90. The highest BCUT2D eigenvalue weighted by atomic mass is 32.2. The molecule has 46 valence electrons. The van der Waals surface area contributed by atoms with Gasteiger partial charge in [0.2, 0.25) is 0 Å². The first-order valence-electron chi connectivity index (χ1n) is 2.61. The van der Waals surface area contributed by atoms with Crippen LogP contribution < -0.4 is 0 Å². The van der Waals surface area contributed by atoms with E-state index in [4.69, 9.17) is 0 Å². The van der Waals surface area contributed by atoms with E-state index < -0.39 is 0 Å². The topological polar surface area (TPSA) is 15.8 Å². The molecule has 0 aliphatic rings. The van der Waals surface area contributed by atoms with Crippen molar-refractivity contribution in [2.75, 3.05) is 12.5 Å². The van der Waals surface area contributed by atoms with Crippen LogP contribution in [0.1, 0.15) is 0 Å². The van der Waals surface area contributed by atoms with Crippen molar-refractivity contribution >= 4 is 10.9 Å². The number of hydrogen-bond donors (Lipinski definition) is 2. The largest absolute Gasteiger partial charge is 0.358 e. The zero-order chi connectivity index (χ0) is 5.98. The summed E-state index contributed by atoms with van der Waals surface area (Å²) >= 11 is 0. The molecule has 0 unspecified atom stereocenters. The van der Waals surface area contributed by atoms with Crippen molar-refractivity contribution in [3.8, 4) is 0 Å². The van der Waals surface area contributed by atoms with Crippen molar-refractivity contribution in [2.45, 2.75) is 5.03 Å². The first-order chi connectivity index (χ1) is 3.80. The first-order valence-corrected chi connectivity index (χ1v) is 4.85. The van der Waals surface area contributed by atoms with Crippen molar-refractivity contribution in [3.63, 3.8) is 0 Å². The van der Waals surface area contributed by atoms with E-state index in [1.54, 1.807) is 0 Å².